The molecular formula is C17H13ClN6O3. The van der Waals surface area contributed by atoms with Crippen LogP contribution in [0.2, 0.25) is 5.02 Å². The number of nitrogens with zero attached hydrogens (tertiary/aromatic N) is 5. The van der Waals surface area contributed by atoms with E-state index < -0.39 is 24.3 Å². The summed E-state index contributed by atoms with van der Waals surface area (Å²) in [6, 6.07) is 6.43. The van der Waals surface area contributed by atoms with Crippen LogP contribution in [0.1, 0.15) is 32.1 Å². The molecule has 0 unspecified atom stereocenters. The normalized spacial score (nSPS) is 13.4. The van der Waals surface area contributed by atoms with Gasteiger partial charge in [-0.05, 0) is 26.0 Å². The summed E-state index contributed by atoms with van der Waals surface area (Å²) in [7, 11) is 0. The van der Waals surface area contributed by atoms with E-state index >= 15 is 0 Å². The molecule has 0 spiro atoms. The number of rotatable bonds is 3. The number of nitrogens with one attached hydrogen (secondary N) is 1. The first kappa shape index (κ1) is 17.1. The molecule has 1 aliphatic heterocycles. The van der Waals surface area contributed by atoms with Crippen LogP contribution in [0, 0.1) is 13.8 Å². The average molecular weight is 385 g/mol. The van der Waals surface area contributed by atoms with Crippen molar-refractivity contribution >= 4 is 41.0 Å². The Bertz CT molecular complexity index is 1100. The molecule has 4 rings (SSSR count). The predicted octanol–water partition coefficient (Wildman–Crippen LogP) is 1.63. The van der Waals surface area contributed by atoms with Gasteiger partial charge in [-0.25, -0.2) is 4.98 Å². The summed E-state index contributed by atoms with van der Waals surface area (Å²) < 4.78 is 1.41. The van der Waals surface area contributed by atoms with Gasteiger partial charge in [0.1, 0.15) is 6.54 Å². The summed E-state index contributed by atoms with van der Waals surface area (Å²) in [5.41, 5.74) is 1.79. The molecule has 136 valence electrons. The number of aromatic nitrogens is 4. The van der Waals surface area contributed by atoms with Crippen LogP contribution < -0.4 is 5.32 Å². The highest BCUT2D eigenvalue weighted by molar-refractivity contribution is 6.31. The molecule has 0 atom stereocenters. The lowest BCUT2D eigenvalue weighted by Crippen LogP contribution is -2.37. The Morgan fingerprint density at radius 1 is 1.11 bits per heavy atom. The molecule has 10 heteroatoms. The molecular weight excluding hydrogens is 372 g/mol. The van der Waals surface area contributed by atoms with Crippen molar-refractivity contribution in [3.05, 3.63) is 51.8 Å². The Kier molecular flexibility index (Phi) is 3.88. The van der Waals surface area contributed by atoms with Gasteiger partial charge in [0.25, 0.3) is 23.5 Å². The fourth-order valence-corrected chi connectivity index (χ4v) is 3.02. The molecule has 9 nitrogen and oxygen atoms in total. The van der Waals surface area contributed by atoms with Crippen molar-refractivity contribution in [2.24, 2.45) is 0 Å². The lowest BCUT2D eigenvalue weighted by atomic mass is 10.1. The summed E-state index contributed by atoms with van der Waals surface area (Å²) in [4.78, 5) is 46.2. The molecule has 1 aromatic carbocycles. The van der Waals surface area contributed by atoms with Crippen molar-refractivity contribution in [1.29, 1.82) is 0 Å². The molecule has 0 radical (unpaired) electrons. The molecule has 0 bridgehead atoms. The standard InChI is InChI=1S/C17H13ClN6O3/c1-8-13(18)9(2)24-17(19-8)21-16(22-24)20-12(25)7-23-14(26)10-5-3-4-6-11(10)15(23)27/h3-6H,7H2,1-2H3,(H,20,22,25). The Morgan fingerprint density at radius 2 is 1.74 bits per heavy atom. The third-order valence-corrected chi connectivity index (χ3v) is 4.79. The lowest BCUT2D eigenvalue weighted by Gasteiger charge is -2.12. The lowest BCUT2D eigenvalue weighted by molar-refractivity contribution is -0.116. The first-order valence-corrected chi connectivity index (χ1v) is 8.39. The number of fused-ring (bicyclic) bond motifs is 2. The second-order valence-corrected chi connectivity index (χ2v) is 6.41. The molecule has 0 aliphatic carbocycles. The van der Waals surface area contributed by atoms with Gasteiger partial charge in [0.2, 0.25) is 5.91 Å². The molecule has 0 saturated carbocycles. The Labute approximate surface area is 158 Å². The zero-order valence-corrected chi connectivity index (χ0v) is 15.1. The molecule has 3 aromatic rings. The van der Waals surface area contributed by atoms with Crippen molar-refractivity contribution in [3.63, 3.8) is 0 Å². The highest BCUT2D eigenvalue weighted by atomic mass is 35.5. The van der Waals surface area contributed by atoms with Crippen molar-refractivity contribution in [2.75, 3.05) is 11.9 Å². The number of anilines is 1. The van der Waals surface area contributed by atoms with Crippen LogP contribution in [0.5, 0.6) is 0 Å². The number of carbonyl (C=O) groups is 3. The number of halogens is 1. The first-order valence-electron chi connectivity index (χ1n) is 8.01. The number of aryl methyl sites for hydroxylation is 2. The van der Waals surface area contributed by atoms with E-state index in [0.29, 0.717) is 16.4 Å². The highest BCUT2D eigenvalue weighted by Gasteiger charge is 2.36. The summed E-state index contributed by atoms with van der Waals surface area (Å²) in [5.74, 6) is -1.32. The fourth-order valence-electron chi connectivity index (χ4n) is 2.90. The van der Waals surface area contributed by atoms with Crippen molar-refractivity contribution < 1.29 is 14.4 Å². The van der Waals surface area contributed by atoms with Crippen molar-refractivity contribution in [2.45, 2.75) is 13.8 Å². The Hall–Kier alpha value is -3.33. The predicted molar refractivity (Wildman–Crippen MR) is 95.7 cm³/mol. The van der Waals surface area contributed by atoms with Crippen molar-refractivity contribution in [1.82, 2.24) is 24.5 Å². The highest BCUT2D eigenvalue weighted by Crippen LogP contribution is 2.22. The van der Waals surface area contributed by atoms with Crippen LogP contribution in [-0.4, -0.2) is 48.7 Å². The second kappa shape index (κ2) is 6.13. The van der Waals surface area contributed by atoms with E-state index in [0.717, 1.165) is 4.90 Å². The minimum Gasteiger partial charge on any atom is -0.292 e. The number of hydrogen-bond acceptors (Lipinski definition) is 6. The minimum absolute atomic E-state index is 0.00822. The first-order chi connectivity index (χ1) is 12.9. The third-order valence-electron chi connectivity index (χ3n) is 4.24. The summed E-state index contributed by atoms with van der Waals surface area (Å²) >= 11 is 6.14. The molecule has 1 N–H and O–H groups in total. The Morgan fingerprint density at radius 3 is 2.37 bits per heavy atom. The number of carbonyl (C=O) groups excluding carboxylic acids is 3. The van der Waals surface area contributed by atoms with Crippen LogP contribution in [0.25, 0.3) is 5.78 Å². The van der Waals surface area contributed by atoms with Gasteiger partial charge in [0, 0.05) is 0 Å². The summed E-state index contributed by atoms with van der Waals surface area (Å²) in [6.07, 6.45) is 0. The minimum atomic E-state index is -0.596. The largest absolute Gasteiger partial charge is 0.292 e. The molecule has 0 saturated heterocycles. The van der Waals surface area contributed by atoms with Crippen LogP contribution in [0.4, 0.5) is 5.95 Å². The summed E-state index contributed by atoms with van der Waals surface area (Å²) in [6.45, 7) is 3.06. The maximum Gasteiger partial charge on any atom is 0.262 e. The van der Waals surface area contributed by atoms with Gasteiger partial charge in [-0.1, -0.05) is 23.7 Å². The molecule has 1 aliphatic rings. The van der Waals surface area contributed by atoms with Gasteiger partial charge < -0.3 is 0 Å². The van der Waals surface area contributed by atoms with E-state index in [4.69, 9.17) is 11.6 Å². The Balaban J connectivity index is 1.54. The van der Waals surface area contributed by atoms with Gasteiger partial charge in [0.15, 0.2) is 0 Å². The number of imide groups is 1. The monoisotopic (exact) mass is 384 g/mol. The fraction of sp³-hybridized carbons (Fsp3) is 0.176. The summed E-state index contributed by atoms with van der Waals surface area (Å²) in [5, 5.41) is 7.08. The number of hydrogen-bond donors (Lipinski definition) is 1. The zero-order valence-electron chi connectivity index (χ0n) is 14.4. The third kappa shape index (κ3) is 2.72. The van der Waals surface area contributed by atoms with Gasteiger partial charge in [-0.15, -0.1) is 5.10 Å². The zero-order chi connectivity index (χ0) is 19.3. The van der Waals surface area contributed by atoms with E-state index in [9.17, 15) is 14.4 Å². The van der Waals surface area contributed by atoms with Crippen LogP contribution >= 0.6 is 11.6 Å². The van der Waals surface area contributed by atoms with Crippen LogP contribution in [-0.2, 0) is 4.79 Å². The topological polar surface area (TPSA) is 110 Å². The quantitative estimate of drug-likeness (QED) is 0.687. The van der Waals surface area contributed by atoms with E-state index in [1.165, 1.54) is 4.52 Å². The smallest absolute Gasteiger partial charge is 0.262 e. The SMILES string of the molecule is Cc1nc2nc(NC(=O)CN3C(=O)c4ccccc4C3=O)nn2c(C)c1Cl. The van der Waals surface area contributed by atoms with E-state index in [1.807, 2.05) is 0 Å². The van der Waals surface area contributed by atoms with E-state index in [-0.39, 0.29) is 22.9 Å². The molecule has 0 fully saturated rings. The van der Waals surface area contributed by atoms with E-state index in [1.54, 1.807) is 38.1 Å². The van der Waals surface area contributed by atoms with Gasteiger partial charge in [0.05, 0.1) is 27.5 Å². The molecule has 3 amide bonds. The maximum atomic E-state index is 12.3. The molecule has 27 heavy (non-hydrogen) atoms. The van der Waals surface area contributed by atoms with Crippen LogP contribution in [0.15, 0.2) is 24.3 Å². The maximum absolute atomic E-state index is 12.3. The van der Waals surface area contributed by atoms with Gasteiger partial charge in [-0.3, -0.25) is 24.6 Å². The van der Waals surface area contributed by atoms with E-state index in [2.05, 4.69) is 20.4 Å². The molecule has 3 heterocycles. The molecule has 2 aromatic heterocycles. The number of amides is 3. The number of benzene rings is 1. The van der Waals surface area contributed by atoms with Gasteiger partial charge in [-0.2, -0.15) is 9.50 Å². The van der Waals surface area contributed by atoms with Crippen LogP contribution in [0.3, 0.4) is 0 Å². The van der Waals surface area contributed by atoms with Gasteiger partial charge >= 0.3 is 0 Å². The average Bonchev–Trinajstić information content (AvgIpc) is 3.14. The van der Waals surface area contributed by atoms with Crippen molar-refractivity contribution in [3.8, 4) is 0 Å². The second-order valence-electron chi connectivity index (χ2n) is 6.03.